The third kappa shape index (κ3) is 3.80. The van der Waals surface area contributed by atoms with E-state index in [1.165, 1.54) is 0 Å². The Labute approximate surface area is 157 Å². The molecule has 3 heterocycles. The largest absolute Gasteiger partial charge is 0.493 e. The normalized spacial score (nSPS) is 16.2. The van der Waals surface area contributed by atoms with E-state index in [2.05, 4.69) is 14.9 Å². The molecule has 2 aliphatic rings. The van der Waals surface area contributed by atoms with Gasteiger partial charge >= 0.3 is 0 Å². The first kappa shape index (κ1) is 17.5. The molecule has 2 aromatic rings. The van der Waals surface area contributed by atoms with Gasteiger partial charge in [-0.05, 0) is 12.1 Å². The molecule has 27 heavy (non-hydrogen) atoms. The maximum Gasteiger partial charge on any atom is 0.261 e. The third-order valence-corrected chi connectivity index (χ3v) is 4.71. The number of hydrogen-bond acceptors (Lipinski definition) is 7. The molecule has 1 amide bonds. The van der Waals surface area contributed by atoms with Gasteiger partial charge in [-0.2, -0.15) is 0 Å². The summed E-state index contributed by atoms with van der Waals surface area (Å²) in [7, 11) is 1.58. The van der Waals surface area contributed by atoms with E-state index < -0.39 is 0 Å². The molecule has 1 aromatic heterocycles. The molecular weight excluding hydrogens is 348 g/mol. The fraction of sp³-hybridized carbons (Fsp3) is 0.421. The van der Waals surface area contributed by atoms with E-state index >= 15 is 0 Å². The smallest absolute Gasteiger partial charge is 0.261 e. The molecule has 8 nitrogen and oxygen atoms in total. The predicted molar refractivity (Wildman–Crippen MR) is 97.8 cm³/mol. The summed E-state index contributed by atoms with van der Waals surface area (Å²) in [5.74, 6) is 1.78. The molecule has 142 valence electrons. The number of nitrogens with zero attached hydrogens (tertiary/aromatic N) is 4. The number of ether oxygens (including phenoxy) is 3. The quantitative estimate of drug-likeness (QED) is 0.784. The van der Waals surface area contributed by atoms with Crippen LogP contribution in [0.25, 0.3) is 0 Å². The summed E-state index contributed by atoms with van der Waals surface area (Å²) in [6.07, 6.45) is 1.82. The second-order valence-corrected chi connectivity index (χ2v) is 6.43. The van der Waals surface area contributed by atoms with Crippen LogP contribution < -0.4 is 14.4 Å². The van der Waals surface area contributed by atoms with Gasteiger partial charge < -0.3 is 24.0 Å². The number of benzene rings is 1. The molecule has 0 atom stereocenters. The maximum atomic E-state index is 12.6. The molecule has 0 N–H and O–H groups in total. The highest BCUT2D eigenvalue weighted by molar-refractivity contribution is 5.78. The Hall–Kier alpha value is -2.87. The van der Waals surface area contributed by atoms with Crippen molar-refractivity contribution in [2.24, 2.45) is 0 Å². The summed E-state index contributed by atoms with van der Waals surface area (Å²) in [4.78, 5) is 25.5. The minimum atomic E-state index is -0.0909. The lowest BCUT2D eigenvalue weighted by molar-refractivity contribution is -0.134. The Morgan fingerprint density at radius 1 is 1.19 bits per heavy atom. The Morgan fingerprint density at radius 2 is 1.96 bits per heavy atom. The SMILES string of the molecule is COc1ccccc1OCC(=O)N1Cc2cnc(N3CCOCC3)nc2C1. The highest BCUT2D eigenvalue weighted by Crippen LogP contribution is 2.27. The number of fused-ring (bicyclic) bond motifs is 1. The van der Waals surface area contributed by atoms with Crippen molar-refractivity contribution in [2.45, 2.75) is 13.1 Å². The van der Waals surface area contributed by atoms with Crippen molar-refractivity contribution in [1.29, 1.82) is 0 Å². The van der Waals surface area contributed by atoms with Crippen LogP contribution in [0.5, 0.6) is 11.5 Å². The fourth-order valence-electron chi connectivity index (χ4n) is 3.20. The van der Waals surface area contributed by atoms with E-state index in [4.69, 9.17) is 14.2 Å². The summed E-state index contributed by atoms with van der Waals surface area (Å²) in [5.41, 5.74) is 1.88. The van der Waals surface area contributed by atoms with Gasteiger partial charge in [0.05, 0.1) is 32.6 Å². The van der Waals surface area contributed by atoms with Gasteiger partial charge in [0, 0.05) is 31.4 Å². The van der Waals surface area contributed by atoms with Crippen LogP contribution in [0.3, 0.4) is 0 Å². The van der Waals surface area contributed by atoms with Crippen molar-refractivity contribution in [2.75, 3.05) is 44.9 Å². The summed E-state index contributed by atoms with van der Waals surface area (Å²) in [5, 5.41) is 0. The van der Waals surface area contributed by atoms with Crippen molar-refractivity contribution >= 4 is 11.9 Å². The van der Waals surface area contributed by atoms with E-state index in [9.17, 15) is 4.79 Å². The molecule has 0 bridgehead atoms. The van der Waals surface area contributed by atoms with Crippen LogP contribution in [0.4, 0.5) is 5.95 Å². The molecule has 0 saturated carbocycles. The number of carbonyl (C=O) groups excluding carboxylic acids is 1. The van der Waals surface area contributed by atoms with E-state index in [0.29, 0.717) is 43.8 Å². The molecule has 8 heteroatoms. The highest BCUT2D eigenvalue weighted by atomic mass is 16.5. The van der Waals surface area contributed by atoms with Gasteiger partial charge in [0.1, 0.15) is 0 Å². The van der Waals surface area contributed by atoms with Crippen molar-refractivity contribution in [3.63, 3.8) is 0 Å². The lowest BCUT2D eigenvalue weighted by Gasteiger charge is -2.26. The van der Waals surface area contributed by atoms with Crippen LogP contribution in [0.2, 0.25) is 0 Å². The van der Waals surface area contributed by atoms with Gasteiger partial charge in [-0.3, -0.25) is 4.79 Å². The lowest BCUT2D eigenvalue weighted by Crippen LogP contribution is -2.37. The van der Waals surface area contributed by atoms with Crippen LogP contribution in [0.1, 0.15) is 11.3 Å². The molecule has 0 aliphatic carbocycles. The summed E-state index contributed by atoms with van der Waals surface area (Å²) in [6, 6.07) is 7.28. The molecule has 0 spiro atoms. The second kappa shape index (κ2) is 7.79. The van der Waals surface area contributed by atoms with E-state index in [1.807, 2.05) is 18.3 Å². The molecule has 0 radical (unpaired) electrons. The van der Waals surface area contributed by atoms with Crippen LogP contribution in [0.15, 0.2) is 30.5 Å². The minimum Gasteiger partial charge on any atom is -0.493 e. The number of rotatable bonds is 5. The zero-order valence-electron chi connectivity index (χ0n) is 15.3. The monoisotopic (exact) mass is 370 g/mol. The standard InChI is InChI=1S/C19H22N4O4/c1-25-16-4-2-3-5-17(16)27-13-18(24)23-11-14-10-20-19(21-15(14)12-23)22-6-8-26-9-7-22/h2-5,10H,6-9,11-13H2,1H3. The zero-order valence-corrected chi connectivity index (χ0v) is 15.3. The molecule has 2 aliphatic heterocycles. The number of amides is 1. The first-order valence-corrected chi connectivity index (χ1v) is 8.95. The summed E-state index contributed by atoms with van der Waals surface area (Å²) >= 11 is 0. The van der Waals surface area contributed by atoms with Crippen molar-refractivity contribution in [1.82, 2.24) is 14.9 Å². The molecule has 1 fully saturated rings. The Balaban J connectivity index is 1.38. The van der Waals surface area contributed by atoms with Gasteiger partial charge in [0.15, 0.2) is 18.1 Å². The number of hydrogen-bond donors (Lipinski definition) is 0. The number of para-hydroxylation sites is 2. The van der Waals surface area contributed by atoms with Crippen molar-refractivity contribution in [3.8, 4) is 11.5 Å². The van der Waals surface area contributed by atoms with Crippen molar-refractivity contribution in [3.05, 3.63) is 41.7 Å². The van der Waals surface area contributed by atoms with Gasteiger partial charge in [0.2, 0.25) is 5.95 Å². The number of methoxy groups -OCH3 is 1. The van der Waals surface area contributed by atoms with Crippen LogP contribution in [-0.4, -0.2) is 60.8 Å². The average Bonchev–Trinajstić information content (AvgIpc) is 3.16. The fourth-order valence-corrected chi connectivity index (χ4v) is 3.20. The second-order valence-electron chi connectivity index (χ2n) is 6.43. The van der Waals surface area contributed by atoms with E-state index in [0.717, 1.165) is 24.3 Å². The highest BCUT2D eigenvalue weighted by Gasteiger charge is 2.27. The molecule has 0 unspecified atom stereocenters. The first-order chi connectivity index (χ1) is 13.2. The summed E-state index contributed by atoms with van der Waals surface area (Å²) in [6.45, 7) is 3.88. The zero-order chi connectivity index (χ0) is 18.6. The minimum absolute atomic E-state index is 0.0435. The Morgan fingerprint density at radius 3 is 2.74 bits per heavy atom. The Bertz CT molecular complexity index is 823. The van der Waals surface area contributed by atoms with E-state index in [-0.39, 0.29) is 12.5 Å². The number of carbonyl (C=O) groups is 1. The topological polar surface area (TPSA) is 77.0 Å². The maximum absolute atomic E-state index is 12.6. The van der Waals surface area contributed by atoms with Gasteiger partial charge in [-0.15, -0.1) is 0 Å². The summed E-state index contributed by atoms with van der Waals surface area (Å²) < 4.78 is 16.3. The third-order valence-electron chi connectivity index (χ3n) is 4.71. The Kier molecular flexibility index (Phi) is 5.06. The number of morpholine rings is 1. The van der Waals surface area contributed by atoms with Crippen LogP contribution in [0, 0.1) is 0 Å². The lowest BCUT2D eigenvalue weighted by atomic mass is 10.3. The predicted octanol–water partition coefficient (Wildman–Crippen LogP) is 1.24. The first-order valence-electron chi connectivity index (χ1n) is 8.95. The van der Waals surface area contributed by atoms with E-state index in [1.54, 1.807) is 24.1 Å². The van der Waals surface area contributed by atoms with Crippen LogP contribution in [-0.2, 0) is 22.6 Å². The average molecular weight is 370 g/mol. The van der Waals surface area contributed by atoms with Gasteiger partial charge in [-0.1, -0.05) is 12.1 Å². The molecular formula is C19H22N4O4. The molecule has 4 rings (SSSR count). The number of anilines is 1. The van der Waals surface area contributed by atoms with Crippen molar-refractivity contribution < 1.29 is 19.0 Å². The molecule has 1 saturated heterocycles. The van der Waals surface area contributed by atoms with Gasteiger partial charge in [-0.25, -0.2) is 9.97 Å². The molecule has 1 aromatic carbocycles. The van der Waals surface area contributed by atoms with Gasteiger partial charge in [0.25, 0.3) is 5.91 Å². The number of aromatic nitrogens is 2. The van der Waals surface area contributed by atoms with Crippen LogP contribution >= 0.6 is 0 Å².